The second-order valence-corrected chi connectivity index (χ2v) is 4.30. The summed E-state index contributed by atoms with van der Waals surface area (Å²) in [5.41, 5.74) is 8.86. The lowest BCUT2D eigenvalue weighted by atomic mass is 10.1. The molecule has 0 unspecified atom stereocenters. The number of aryl methyl sites for hydroxylation is 1. The van der Waals surface area contributed by atoms with Crippen LogP contribution in [-0.4, -0.2) is 11.6 Å². The molecule has 0 aliphatic carbocycles. The molecule has 0 aliphatic heterocycles. The molecule has 19 heavy (non-hydrogen) atoms. The predicted molar refractivity (Wildman–Crippen MR) is 77.8 cm³/mol. The first-order valence-corrected chi connectivity index (χ1v) is 6.38. The number of nitrogens with zero attached hydrogens (tertiary/aromatic N) is 1. The quantitative estimate of drug-likeness (QED) is 0.864. The summed E-state index contributed by atoms with van der Waals surface area (Å²) < 4.78 is 5.53. The molecular weight excluding hydrogens is 238 g/mol. The molecule has 0 amide bonds. The number of aromatic nitrogens is 1. The molecule has 0 saturated heterocycles. The maximum atomic E-state index is 5.74. The summed E-state index contributed by atoms with van der Waals surface area (Å²) in [5, 5.41) is 3.27. The van der Waals surface area contributed by atoms with Crippen LogP contribution in [0.3, 0.4) is 0 Å². The summed E-state index contributed by atoms with van der Waals surface area (Å²) in [6, 6.07) is 9.86. The van der Waals surface area contributed by atoms with Crippen molar-refractivity contribution in [2.24, 2.45) is 5.73 Å². The van der Waals surface area contributed by atoms with Gasteiger partial charge in [-0.25, -0.2) is 4.98 Å². The van der Waals surface area contributed by atoms with Crippen LogP contribution in [0.25, 0.3) is 0 Å². The van der Waals surface area contributed by atoms with Gasteiger partial charge in [0.05, 0.1) is 6.61 Å². The third-order valence-electron chi connectivity index (χ3n) is 2.77. The van der Waals surface area contributed by atoms with Crippen molar-refractivity contribution < 1.29 is 4.74 Å². The molecule has 0 atom stereocenters. The SMILES string of the molecule is CCOc1ccc(Nc2cc(C)ccn2)cc1CN. The molecule has 2 aromatic rings. The summed E-state index contributed by atoms with van der Waals surface area (Å²) in [5.74, 6) is 1.67. The molecule has 0 fully saturated rings. The van der Waals surface area contributed by atoms with Crippen LogP contribution in [0, 0.1) is 6.92 Å². The van der Waals surface area contributed by atoms with E-state index in [9.17, 15) is 0 Å². The van der Waals surface area contributed by atoms with Crippen molar-refractivity contribution in [3.63, 3.8) is 0 Å². The van der Waals surface area contributed by atoms with E-state index >= 15 is 0 Å². The van der Waals surface area contributed by atoms with Gasteiger partial charge in [-0.1, -0.05) is 0 Å². The van der Waals surface area contributed by atoms with Gasteiger partial charge in [0.2, 0.25) is 0 Å². The zero-order valence-corrected chi connectivity index (χ0v) is 11.3. The van der Waals surface area contributed by atoms with Gasteiger partial charge < -0.3 is 15.8 Å². The van der Waals surface area contributed by atoms with E-state index in [-0.39, 0.29) is 0 Å². The van der Waals surface area contributed by atoms with Crippen molar-refractivity contribution >= 4 is 11.5 Å². The summed E-state index contributed by atoms with van der Waals surface area (Å²) in [6.07, 6.45) is 1.79. The lowest BCUT2D eigenvalue weighted by molar-refractivity contribution is 0.336. The lowest BCUT2D eigenvalue weighted by Crippen LogP contribution is -2.03. The van der Waals surface area contributed by atoms with Gasteiger partial charge in [0.1, 0.15) is 11.6 Å². The molecule has 0 bridgehead atoms. The number of pyridine rings is 1. The average Bonchev–Trinajstić information content (AvgIpc) is 2.41. The van der Waals surface area contributed by atoms with Gasteiger partial charge in [-0.15, -0.1) is 0 Å². The predicted octanol–water partition coefficient (Wildman–Crippen LogP) is 2.99. The van der Waals surface area contributed by atoms with Gasteiger partial charge in [0.15, 0.2) is 0 Å². The van der Waals surface area contributed by atoms with Gasteiger partial charge in [-0.05, 0) is 49.7 Å². The van der Waals surface area contributed by atoms with E-state index in [1.54, 1.807) is 6.20 Å². The second kappa shape index (κ2) is 6.20. The Balaban J connectivity index is 2.21. The van der Waals surface area contributed by atoms with Crippen molar-refractivity contribution in [2.45, 2.75) is 20.4 Å². The molecule has 1 aromatic carbocycles. The maximum absolute atomic E-state index is 5.74. The number of nitrogens with two attached hydrogens (primary N) is 1. The van der Waals surface area contributed by atoms with Crippen LogP contribution in [0.1, 0.15) is 18.1 Å². The first-order chi connectivity index (χ1) is 9.22. The smallest absolute Gasteiger partial charge is 0.130 e. The zero-order chi connectivity index (χ0) is 13.7. The Hall–Kier alpha value is -2.07. The van der Waals surface area contributed by atoms with Gasteiger partial charge in [-0.2, -0.15) is 0 Å². The highest BCUT2D eigenvalue weighted by atomic mass is 16.5. The summed E-state index contributed by atoms with van der Waals surface area (Å²) in [7, 11) is 0. The lowest BCUT2D eigenvalue weighted by Gasteiger charge is -2.12. The molecule has 4 nitrogen and oxygen atoms in total. The highest BCUT2D eigenvalue weighted by Crippen LogP contribution is 2.24. The molecule has 0 saturated carbocycles. The molecular formula is C15H19N3O. The van der Waals surface area contributed by atoms with E-state index in [0.29, 0.717) is 13.2 Å². The number of nitrogens with one attached hydrogen (secondary N) is 1. The van der Waals surface area contributed by atoms with Crippen LogP contribution in [0.15, 0.2) is 36.5 Å². The molecule has 100 valence electrons. The van der Waals surface area contributed by atoms with E-state index in [1.165, 1.54) is 5.56 Å². The Morgan fingerprint density at radius 1 is 1.26 bits per heavy atom. The standard InChI is InChI=1S/C15H19N3O/c1-3-19-14-5-4-13(9-12(14)10-16)18-15-8-11(2)6-7-17-15/h4-9H,3,10,16H2,1-2H3,(H,17,18). The fourth-order valence-corrected chi connectivity index (χ4v) is 1.87. The fourth-order valence-electron chi connectivity index (χ4n) is 1.87. The zero-order valence-electron chi connectivity index (χ0n) is 11.3. The summed E-state index contributed by atoms with van der Waals surface area (Å²) in [6.45, 7) is 5.09. The van der Waals surface area contributed by atoms with Gasteiger partial charge >= 0.3 is 0 Å². The Morgan fingerprint density at radius 2 is 2.11 bits per heavy atom. The third kappa shape index (κ3) is 3.45. The van der Waals surface area contributed by atoms with E-state index in [1.807, 2.05) is 44.2 Å². The Bertz CT molecular complexity index is 555. The Kier molecular flexibility index (Phi) is 4.36. The van der Waals surface area contributed by atoms with Crippen LogP contribution >= 0.6 is 0 Å². The number of rotatable bonds is 5. The van der Waals surface area contributed by atoms with E-state index in [4.69, 9.17) is 10.5 Å². The Labute approximate surface area is 113 Å². The number of hydrogen-bond acceptors (Lipinski definition) is 4. The summed E-state index contributed by atoms with van der Waals surface area (Å²) in [4.78, 5) is 4.28. The molecule has 3 N–H and O–H groups in total. The van der Waals surface area contributed by atoms with Crippen LogP contribution in [-0.2, 0) is 6.54 Å². The van der Waals surface area contributed by atoms with Crippen LogP contribution < -0.4 is 15.8 Å². The van der Waals surface area contributed by atoms with Gasteiger partial charge in [0.25, 0.3) is 0 Å². The molecule has 0 spiro atoms. The van der Waals surface area contributed by atoms with E-state index in [0.717, 1.165) is 22.8 Å². The van der Waals surface area contributed by atoms with Gasteiger partial charge in [0, 0.05) is 24.0 Å². The van der Waals surface area contributed by atoms with Crippen LogP contribution in [0.2, 0.25) is 0 Å². The average molecular weight is 257 g/mol. The largest absolute Gasteiger partial charge is 0.494 e. The maximum Gasteiger partial charge on any atom is 0.130 e. The number of anilines is 2. The van der Waals surface area contributed by atoms with Gasteiger partial charge in [-0.3, -0.25) is 0 Å². The minimum atomic E-state index is 0.450. The summed E-state index contributed by atoms with van der Waals surface area (Å²) >= 11 is 0. The molecule has 1 heterocycles. The fraction of sp³-hybridized carbons (Fsp3) is 0.267. The van der Waals surface area contributed by atoms with Crippen molar-refractivity contribution in [3.8, 4) is 5.75 Å². The van der Waals surface area contributed by atoms with Crippen LogP contribution in [0.4, 0.5) is 11.5 Å². The number of ether oxygens (including phenoxy) is 1. The second-order valence-electron chi connectivity index (χ2n) is 4.30. The monoisotopic (exact) mass is 257 g/mol. The number of hydrogen-bond donors (Lipinski definition) is 2. The van der Waals surface area contributed by atoms with Crippen molar-refractivity contribution in [2.75, 3.05) is 11.9 Å². The first-order valence-electron chi connectivity index (χ1n) is 6.38. The van der Waals surface area contributed by atoms with Crippen molar-refractivity contribution in [1.82, 2.24) is 4.98 Å². The molecule has 2 rings (SSSR count). The van der Waals surface area contributed by atoms with E-state index in [2.05, 4.69) is 10.3 Å². The Morgan fingerprint density at radius 3 is 2.79 bits per heavy atom. The first kappa shape index (κ1) is 13.4. The highest BCUT2D eigenvalue weighted by Gasteiger charge is 2.04. The molecule has 4 heteroatoms. The molecule has 0 radical (unpaired) electrons. The third-order valence-corrected chi connectivity index (χ3v) is 2.77. The molecule has 1 aromatic heterocycles. The number of benzene rings is 1. The van der Waals surface area contributed by atoms with E-state index < -0.39 is 0 Å². The topological polar surface area (TPSA) is 60.2 Å². The van der Waals surface area contributed by atoms with Crippen LogP contribution in [0.5, 0.6) is 5.75 Å². The highest BCUT2D eigenvalue weighted by molar-refractivity contribution is 5.59. The van der Waals surface area contributed by atoms with Crippen molar-refractivity contribution in [1.29, 1.82) is 0 Å². The minimum Gasteiger partial charge on any atom is -0.494 e. The molecule has 0 aliphatic rings. The minimum absolute atomic E-state index is 0.450. The van der Waals surface area contributed by atoms with Crippen molar-refractivity contribution in [3.05, 3.63) is 47.7 Å². The normalized spacial score (nSPS) is 10.3.